The minimum Gasteiger partial charge on any atom is -0.325 e. The van der Waals surface area contributed by atoms with Gasteiger partial charge in [-0.05, 0) is 42.9 Å². The average Bonchev–Trinajstić information content (AvgIpc) is 3.35. The molecular formula is C17H22N4O2S. The first kappa shape index (κ1) is 16.8. The van der Waals surface area contributed by atoms with Gasteiger partial charge >= 0.3 is 5.69 Å². The van der Waals surface area contributed by atoms with Gasteiger partial charge in [0.1, 0.15) is 0 Å². The molecule has 0 spiro atoms. The molecule has 0 bridgehead atoms. The number of benzene rings is 1. The van der Waals surface area contributed by atoms with Crippen molar-refractivity contribution in [1.29, 1.82) is 0 Å². The Bertz CT molecular complexity index is 762. The van der Waals surface area contributed by atoms with Crippen LogP contribution in [-0.2, 0) is 4.79 Å². The van der Waals surface area contributed by atoms with Crippen LogP contribution in [0.1, 0.15) is 50.6 Å². The van der Waals surface area contributed by atoms with Crippen molar-refractivity contribution < 1.29 is 4.79 Å². The first-order chi connectivity index (χ1) is 11.6. The fraction of sp³-hybridized carbons (Fsp3) is 0.471. The van der Waals surface area contributed by atoms with Gasteiger partial charge in [0, 0.05) is 11.7 Å². The van der Waals surface area contributed by atoms with E-state index in [2.05, 4.69) is 41.5 Å². The smallest absolute Gasteiger partial charge is 0.325 e. The Labute approximate surface area is 145 Å². The molecule has 1 fully saturated rings. The normalized spacial score (nSPS) is 15.2. The van der Waals surface area contributed by atoms with E-state index in [9.17, 15) is 9.59 Å². The van der Waals surface area contributed by atoms with Gasteiger partial charge in [-0.3, -0.25) is 9.36 Å². The van der Waals surface area contributed by atoms with Gasteiger partial charge in [-0.2, -0.15) is 0 Å². The van der Waals surface area contributed by atoms with E-state index in [-0.39, 0.29) is 23.4 Å². The molecule has 0 unspecified atom stereocenters. The summed E-state index contributed by atoms with van der Waals surface area (Å²) >= 11 is 1.28. The number of nitrogens with zero attached hydrogens (tertiary/aromatic N) is 2. The van der Waals surface area contributed by atoms with E-state index in [4.69, 9.17) is 0 Å². The van der Waals surface area contributed by atoms with Crippen molar-refractivity contribution >= 4 is 23.4 Å². The van der Waals surface area contributed by atoms with Crippen molar-refractivity contribution in [1.82, 2.24) is 14.8 Å². The minimum atomic E-state index is -0.193. The number of aromatic nitrogens is 3. The minimum absolute atomic E-state index is 0.103. The Balaban J connectivity index is 1.55. The molecule has 1 aliphatic carbocycles. The van der Waals surface area contributed by atoms with E-state index in [1.54, 1.807) is 4.57 Å². The van der Waals surface area contributed by atoms with Gasteiger partial charge in [0.25, 0.3) is 0 Å². The van der Waals surface area contributed by atoms with E-state index < -0.39 is 0 Å². The fourth-order valence-corrected chi connectivity index (χ4v) is 3.32. The lowest BCUT2D eigenvalue weighted by Gasteiger charge is -2.10. The first-order valence-electron chi connectivity index (χ1n) is 8.28. The topological polar surface area (TPSA) is 79.8 Å². The van der Waals surface area contributed by atoms with Crippen LogP contribution in [0.3, 0.4) is 0 Å². The standard InChI is InChI=1S/C17H22N4O2S/c1-3-11(2)12-4-6-13(7-5-12)18-15(22)10-24-17-20-19-16(23)21(17)14-8-9-14/h4-7,11,14H,3,8-10H2,1-2H3,(H,18,22)(H,19,23)/t11-/m1/s1. The number of H-pyrrole nitrogens is 1. The van der Waals surface area contributed by atoms with Crippen LogP contribution in [0, 0.1) is 0 Å². The van der Waals surface area contributed by atoms with Crippen molar-refractivity contribution in [2.75, 3.05) is 11.1 Å². The molecule has 3 rings (SSSR count). The summed E-state index contributed by atoms with van der Waals surface area (Å²) in [7, 11) is 0. The molecular weight excluding hydrogens is 324 g/mol. The first-order valence-corrected chi connectivity index (χ1v) is 9.26. The maximum atomic E-state index is 12.1. The molecule has 1 heterocycles. The molecule has 1 aromatic carbocycles. The van der Waals surface area contributed by atoms with E-state index in [1.807, 2.05) is 12.1 Å². The molecule has 1 atom stereocenters. The molecule has 2 aromatic rings. The molecule has 1 aliphatic rings. The number of anilines is 1. The fourth-order valence-electron chi connectivity index (χ4n) is 2.50. The number of carbonyl (C=O) groups excluding carboxylic acids is 1. The lowest BCUT2D eigenvalue weighted by molar-refractivity contribution is -0.113. The number of carbonyl (C=O) groups is 1. The van der Waals surface area contributed by atoms with Crippen LogP contribution < -0.4 is 11.0 Å². The number of nitrogens with one attached hydrogen (secondary N) is 2. The summed E-state index contributed by atoms with van der Waals surface area (Å²) in [5, 5.41) is 9.93. The molecule has 6 nitrogen and oxygen atoms in total. The number of thioether (sulfide) groups is 1. The lowest BCUT2D eigenvalue weighted by atomic mass is 9.99. The molecule has 128 valence electrons. The predicted molar refractivity (Wildman–Crippen MR) is 95.6 cm³/mol. The van der Waals surface area contributed by atoms with Gasteiger partial charge in [-0.1, -0.05) is 37.7 Å². The molecule has 1 aromatic heterocycles. The molecule has 2 N–H and O–H groups in total. The lowest BCUT2D eigenvalue weighted by Crippen LogP contribution is -2.17. The van der Waals surface area contributed by atoms with Crippen LogP contribution in [0.25, 0.3) is 0 Å². The van der Waals surface area contributed by atoms with Gasteiger partial charge in [-0.25, -0.2) is 9.89 Å². The number of rotatable bonds is 7. The molecule has 7 heteroatoms. The summed E-state index contributed by atoms with van der Waals surface area (Å²) < 4.78 is 1.65. The van der Waals surface area contributed by atoms with Crippen LogP contribution in [-0.4, -0.2) is 26.4 Å². The largest absolute Gasteiger partial charge is 0.344 e. The van der Waals surface area contributed by atoms with E-state index in [1.165, 1.54) is 17.3 Å². The van der Waals surface area contributed by atoms with Gasteiger partial charge in [-0.15, -0.1) is 5.10 Å². The predicted octanol–water partition coefficient (Wildman–Crippen LogP) is 3.15. The number of amides is 1. The van der Waals surface area contributed by atoms with Crippen LogP contribution in [0.2, 0.25) is 0 Å². The van der Waals surface area contributed by atoms with Crippen LogP contribution in [0.4, 0.5) is 5.69 Å². The third kappa shape index (κ3) is 3.90. The van der Waals surface area contributed by atoms with Crippen LogP contribution in [0.15, 0.2) is 34.2 Å². The molecule has 24 heavy (non-hydrogen) atoms. The summed E-state index contributed by atoms with van der Waals surface area (Å²) in [6.45, 7) is 4.35. The summed E-state index contributed by atoms with van der Waals surface area (Å²) in [4.78, 5) is 23.8. The van der Waals surface area contributed by atoms with E-state index in [0.717, 1.165) is 24.9 Å². The zero-order valence-corrected chi connectivity index (χ0v) is 14.7. The monoisotopic (exact) mass is 346 g/mol. The number of aromatic amines is 1. The van der Waals surface area contributed by atoms with Crippen molar-refractivity contribution in [3.05, 3.63) is 40.3 Å². The Morgan fingerprint density at radius 2 is 2.12 bits per heavy atom. The number of hydrogen-bond donors (Lipinski definition) is 2. The SMILES string of the molecule is CC[C@@H](C)c1ccc(NC(=O)CSc2n[nH]c(=O)n2C2CC2)cc1. The Hall–Kier alpha value is -2.02. The van der Waals surface area contributed by atoms with E-state index in [0.29, 0.717) is 11.1 Å². The molecule has 0 aliphatic heterocycles. The van der Waals surface area contributed by atoms with Crippen molar-refractivity contribution in [3.8, 4) is 0 Å². The highest BCUT2D eigenvalue weighted by Gasteiger charge is 2.28. The zero-order chi connectivity index (χ0) is 17.1. The van der Waals surface area contributed by atoms with E-state index >= 15 is 0 Å². The van der Waals surface area contributed by atoms with Crippen LogP contribution in [0.5, 0.6) is 0 Å². The van der Waals surface area contributed by atoms with Crippen molar-refractivity contribution in [3.63, 3.8) is 0 Å². The van der Waals surface area contributed by atoms with Crippen molar-refractivity contribution in [2.24, 2.45) is 0 Å². The van der Waals surface area contributed by atoms with Gasteiger partial charge in [0.05, 0.1) is 5.75 Å². The van der Waals surface area contributed by atoms with Gasteiger partial charge in [0.15, 0.2) is 5.16 Å². The molecule has 0 radical (unpaired) electrons. The highest BCUT2D eigenvalue weighted by molar-refractivity contribution is 7.99. The second-order valence-corrected chi connectivity index (χ2v) is 7.12. The number of hydrogen-bond acceptors (Lipinski definition) is 4. The Kier molecular flexibility index (Phi) is 5.08. The summed E-state index contributed by atoms with van der Waals surface area (Å²) in [6, 6.07) is 8.21. The third-order valence-electron chi connectivity index (χ3n) is 4.29. The Morgan fingerprint density at radius 1 is 1.42 bits per heavy atom. The highest BCUT2D eigenvalue weighted by Crippen LogP contribution is 2.36. The zero-order valence-electron chi connectivity index (χ0n) is 13.9. The second-order valence-electron chi connectivity index (χ2n) is 6.18. The average molecular weight is 346 g/mol. The second kappa shape index (κ2) is 7.25. The maximum absolute atomic E-state index is 12.1. The van der Waals surface area contributed by atoms with Gasteiger partial charge in [0.2, 0.25) is 5.91 Å². The summed E-state index contributed by atoms with van der Waals surface area (Å²) in [6.07, 6.45) is 3.10. The summed E-state index contributed by atoms with van der Waals surface area (Å²) in [5.74, 6) is 0.641. The van der Waals surface area contributed by atoms with Crippen LogP contribution >= 0.6 is 11.8 Å². The Morgan fingerprint density at radius 3 is 2.75 bits per heavy atom. The maximum Gasteiger partial charge on any atom is 0.344 e. The summed E-state index contributed by atoms with van der Waals surface area (Å²) in [5.41, 5.74) is 1.87. The molecule has 1 amide bonds. The van der Waals surface area contributed by atoms with Crippen molar-refractivity contribution in [2.45, 2.75) is 50.2 Å². The third-order valence-corrected chi connectivity index (χ3v) is 5.25. The molecule has 0 saturated heterocycles. The highest BCUT2D eigenvalue weighted by atomic mass is 32.2. The van der Waals surface area contributed by atoms with Gasteiger partial charge < -0.3 is 5.32 Å². The molecule has 1 saturated carbocycles. The quantitative estimate of drug-likeness (QED) is 0.755.